The van der Waals surface area contributed by atoms with Gasteiger partial charge in [0.05, 0.1) is 0 Å². The molecule has 1 unspecified atom stereocenters. The van der Waals surface area contributed by atoms with Gasteiger partial charge in [0.25, 0.3) is 0 Å². The minimum absolute atomic E-state index is 0.0265. The Balaban J connectivity index is 1.51. The van der Waals surface area contributed by atoms with E-state index in [9.17, 15) is 14.4 Å². The summed E-state index contributed by atoms with van der Waals surface area (Å²) in [6.07, 6.45) is 10.6. The van der Waals surface area contributed by atoms with Crippen LogP contribution in [0.5, 0.6) is 0 Å². The molecule has 2 aliphatic rings. The molecule has 1 saturated heterocycles. The topological polar surface area (TPSA) is 79.4 Å². The van der Waals surface area contributed by atoms with Gasteiger partial charge in [-0.1, -0.05) is 19.3 Å². The minimum atomic E-state index is -0.377. The molecule has 1 atom stereocenters. The van der Waals surface area contributed by atoms with Crippen molar-refractivity contribution in [3.05, 3.63) is 30.1 Å². The maximum atomic E-state index is 12.6. The molecular weight excluding hydrogens is 330 g/mol. The summed E-state index contributed by atoms with van der Waals surface area (Å²) in [4.78, 5) is 42.9. The van der Waals surface area contributed by atoms with Gasteiger partial charge in [-0.2, -0.15) is 0 Å². The van der Waals surface area contributed by atoms with Crippen LogP contribution in [0.4, 0.5) is 0 Å². The van der Waals surface area contributed by atoms with E-state index in [0.717, 1.165) is 32.1 Å². The Morgan fingerprint density at radius 3 is 2.62 bits per heavy atom. The van der Waals surface area contributed by atoms with Crippen LogP contribution in [0, 0.1) is 0 Å². The number of carbonyl (C=O) groups is 3. The molecule has 1 saturated carbocycles. The molecule has 1 aromatic heterocycles. The van der Waals surface area contributed by atoms with Gasteiger partial charge in [0.15, 0.2) is 5.78 Å². The third-order valence-electron chi connectivity index (χ3n) is 5.38. The van der Waals surface area contributed by atoms with E-state index in [0.29, 0.717) is 18.5 Å². The fourth-order valence-corrected chi connectivity index (χ4v) is 3.92. The highest BCUT2D eigenvalue weighted by Gasteiger charge is 2.34. The first-order chi connectivity index (χ1) is 12.6. The fourth-order valence-electron chi connectivity index (χ4n) is 3.92. The van der Waals surface area contributed by atoms with Crippen LogP contribution in [0.3, 0.4) is 0 Å². The third-order valence-corrected chi connectivity index (χ3v) is 5.38. The van der Waals surface area contributed by atoms with E-state index < -0.39 is 0 Å². The van der Waals surface area contributed by atoms with Crippen molar-refractivity contribution in [3.63, 3.8) is 0 Å². The molecule has 26 heavy (non-hydrogen) atoms. The molecule has 0 spiro atoms. The Labute approximate surface area is 154 Å². The van der Waals surface area contributed by atoms with Gasteiger partial charge in [-0.15, -0.1) is 0 Å². The van der Waals surface area contributed by atoms with Crippen LogP contribution in [0.25, 0.3) is 0 Å². The number of hydrogen-bond acceptors (Lipinski definition) is 4. The van der Waals surface area contributed by atoms with Gasteiger partial charge >= 0.3 is 0 Å². The summed E-state index contributed by atoms with van der Waals surface area (Å²) >= 11 is 0. The lowest BCUT2D eigenvalue weighted by molar-refractivity contribution is -0.138. The van der Waals surface area contributed by atoms with Gasteiger partial charge < -0.3 is 10.2 Å². The highest BCUT2D eigenvalue weighted by molar-refractivity contribution is 5.98. The van der Waals surface area contributed by atoms with Crippen molar-refractivity contribution in [2.45, 2.75) is 69.9 Å². The number of nitrogens with one attached hydrogen (secondary N) is 1. The molecule has 0 radical (unpaired) electrons. The number of hydrogen-bond donors (Lipinski definition) is 1. The van der Waals surface area contributed by atoms with Crippen molar-refractivity contribution in [3.8, 4) is 0 Å². The van der Waals surface area contributed by atoms with Crippen LogP contribution < -0.4 is 5.32 Å². The van der Waals surface area contributed by atoms with Crippen molar-refractivity contribution in [1.82, 2.24) is 15.2 Å². The lowest BCUT2D eigenvalue weighted by Gasteiger charge is -2.28. The van der Waals surface area contributed by atoms with E-state index >= 15 is 0 Å². The van der Waals surface area contributed by atoms with Crippen molar-refractivity contribution < 1.29 is 14.4 Å². The molecule has 0 bridgehead atoms. The standard InChI is InChI=1S/C20H27N3O3/c24-18(15-6-4-12-21-14-15)10-11-19(25)23-13-5-9-17(23)20(26)22-16-7-2-1-3-8-16/h4,6,12,14,16-17H,1-3,5,7-11,13H2,(H,22,26). The second-order valence-electron chi connectivity index (χ2n) is 7.25. The predicted octanol–water partition coefficient (Wildman–Crippen LogP) is 2.48. The molecule has 6 nitrogen and oxygen atoms in total. The second kappa shape index (κ2) is 8.92. The first kappa shape index (κ1) is 18.5. The van der Waals surface area contributed by atoms with Gasteiger partial charge in [-0.05, 0) is 37.8 Å². The summed E-state index contributed by atoms with van der Waals surface area (Å²) in [7, 11) is 0. The molecule has 1 aliphatic heterocycles. The number of rotatable bonds is 6. The van der Waals surface area contributed by atoms with Crippen LogP contribution >= 0.6 is 0 Å². The van der Waals surface area contributed by atoms with E-state index in [4.69, 9.17) is 0 Å². The van der Waals surface area contributed by atoms with E-state index in [1.807, 2.05) is 0 Å². The second-order valence-corrected chi connectivity index (χ2v) is 7.25. The number of aromatic nitrogens is 1. The SMILES string of the molecule is O=C(CCC(=O)N1CCCC1C(=O)NC1CCCCC1)c1cccnc1. The molecule has 6 heteroatoms. The van der Waals surface area contributed by atoms with Crippen LogP contribution in [-0.4, -0.2) is 46.1 Å². The first-order valence-electron chi connectivity index (χ1n) is 9.68. The Morgan fingerprint density at radius 2 is 1.88 bits per heavy atom. The predicted molar refractivity (Wildman–Crippen MR) is 97.6 cm³/mol. The van der Waals surface area contributed by atoms with E-state index in [1.54, 1.807) is 23.2 Å². The summed E-state index contributed by atoms with van der Waals surface area (Å²) in [5.74, 6) is -0.223. The van der Waals surface area contributed by atoms with Crippen molar-refractivity contribution in [2.75, 3.05) is 6.54 Å². The highest BCUT2D eigenvalue weighted by atomic mass is 16.2. The average molecular weight is 357 g/mol. The summed E-state index contributed by atoms with van der Waals surface area (Å²) in [5, 5.41) is 3.13. The number of nitrogens with zero attached hydrogens (tertiary/aromatic N) is 2. The molecule has 1 aliphatic carbocycles. The number of likely N-dealkylation sites (tertiary alicyclic amines) is 1. The van der Waals surface area contributed by atoms with Crippen molar-refractivity contribution in [1.29, 1.82) is 0 Å². The van der Waals surface area contributed by atoms with Gasteiger partial charge in [0.2, 0.25) is 11.8 Å². The number of ketones is 1. The smallest absolute Gasteiger partial charge is 0.243 e. The molecule has 2 amide bonds. The van der Waals surface area contributed by atoms with Gasteiger partial charge in [-0.25, -0.2) is 0 Å². The van der Waals surface area contributed by atoms with Crippen LogP contribution in [0.1, 0.15) is 68.1 Å². The largest absolute Gasteiger partial charge is 0.352 e. The molecule has 0 aromatic carbocycles. The van der Waals surface area contributed by atoms with Gasteiger partial charge in [-0.3, -0.25) is 19.4 Å². The quantitative estimate of drug-likeness (QED) is 0.793. The molecular formula is C20H27N3O3. The van der Waals surface area contributed by atoms with Gasteiger partial charge in [0.1, 0.15) is 6.04 Å². The average Bonchev–Trinajstić information content (AvgIpc) is 3.17. The van der Waals surface area contributed by atoms with Crippen LogP contribution in [0.2, 0.25) is 0 Å². The molecule has 1 aromatic rings. The van der Waals surface area contributed by atoms with Crippen LogP contribution in [-0.2, 0) is 9.59 Å². The zero-order chi connectivity index (χ0) is 18.4. The fraction of sp³-hybridized carbons (Fsp3) is 0.600. The highest BCUT2D eigenvalue weighted by Crippen LogP contribution is 2.22. The van der Waals surface area contributed by atoms with Crippen LogP contribution in [0.15, 0.2) is 24.5 Å². The molecule has 3 rings (SSSR count). The summed E-state index contributed by atoms with van der Waals surface area (Å²) in [5.41, 5.74) is 0.522. The Kier molecular flexibility index (Phi) is 6.36. The molecule has 1 N–H and O–H groups in total. The molecule has 140 valence electrons. The lowest BCUT2D eigenvalue weighted by atomic mass is 9.95. The van der Waals surface area contributed by atoms with E-state index in [2.05, 4.69) is 10.3 Å². The van der Waals surface area contributed by atoms with E-state index in [-0.39, 0.29) is 42.5 Å². The minimum Gasteiger partial charge on any atom is -0.352 e. The molecule has 2 heterocycles. The maximum Gasteiger partial charge on any atom is 0.243 e. The molecule has 2 fully saturated rings. The van der Waals surface area contributed by atoms with Crippen molar-refractivity contribution in [2.24, 2.45) is 0 Å². The van der Waals surface area contributed by atoms with Crippen molar-refractivity contribution >= 4 is 17.6 Å². The number of carbonyl (C=O) groups excluding carboxylic acids is 3. The Bertz CT molecular complexity index is 641. The Hall–Kier alpha value is -2.24. The number of Topliss-reactive ketones (excluding diaryl/α,β-unsaturated/α-hetero) is 1. The zero-order valence-electron chi connectivity index (χ0n) is 15.2. The summed E-state index contributed by atoms with van der Waals surface area (Å²) < 4.78 is 0. The van der Waals surface area contributed by atoms with Gasteiger partial charge in [0, 0.05) is 43.4 Å². The lowest BCUT2D eigenvalue weighted by Crippen LogP contribution is -2.49. The maximum absolute atomic E-state index is 12.6. The summed E-state index contributed by atoms with van der Waals surface area (Å²) in [6, 6.07) is 3.29. The Morgan fingerprint density at radius 1 is 1.08 bits per heavy atom. The number of pyridine rings is 1. The number of amides is 2. The summed E-state index contributed by atoms with van der Waals surface area (Å²) in [6.45, 7) is 0.600. The zero-order valence-corrected chi connectivity index (χ0v) is 15.2. The first-order valence-corrected chi connectivity index (χ1v) is 9.68. The normalized spacial score (nSPS) is 20.8. The third kappa shape index (κ3) is 4.68. The van der Waals surface area contributed by atoms with E-state index in [1.165, 1.54) is 12.6 Å². The monoisotopic (exact) mass is 357 g/mol.